The lowest BCUT2D eigenvalue weighted by atomic mass is 10.0. The van der Waals surface area contributed by atoms with E-state index in [2.05, 4.69) is 31.3 Å². The Morgan fingerprint density at radius 1 is 0.977 bits per heavy atom. The minimum Gasteiger partial charge on any atom is -0.463 e. The molecule has 15 nitrogen and oxygen atoms in total. The highest BCUT2D eigenvalue weighted by Crippen LogP contribution is 2.33. The number of aliphatic hydroxyl groups is 1. The summed E-state index contributed by atoms with van der Waals surface area (Å²) in [7, 11) is 0. The number of hydrogen-bond acceptors (Lipinski definition) is 11. The number of carbonyl (C=O) groups excluding carboxylic acids is 5. The van der Waals surface area contributed by atoms with Gasteiger partial charge in [-0.1, -0.05) is 6.42 Å². The Kier molecular flexibility index (Phi) is 18.3. The lowest BCUT2D eigenvalue weighted by Crippen LogP contribution is -2.49. The third-order valence-corrected chi connectivity index (χ3v) is 7.92. The summed E-state index contributed by atoms with van der Waals surface area (Å²) < 4.78 is 20.9. The molecule has 0 aromatic heterocycles. The van der Waals surface area contributed by atoms with Crippen LogP contribution in [0.1, 0.15) is 32.6 Å². The molecule has 43 heavy (non-hydrogen) atoms. The summed E-state index contributed by atoms with van der Waals surface area (Å²) in [5.74, 6) is -1.06. The lowest BCUT2D eigenvalue weighted by molar-refractivity contribution is -0.137. The smallest absolute Gasteiger partial charge is 0.330 e. The van der Waals surface area contributed by atoms with Gasteiger partial charge in [-0.05, 0) is 19.8 Å². The maximum Gasteiger partial charge on any atom is 0.330 e. The molecule has 16 heteroatoms. The van der Waals surface area contributed by atoms with Gasteiger partial charge in [0.25, 0.3) is 0 Å². The van der Waals surface area contributed by atoms with Gasteiger partial charge in [-0.15, -0.1) is 0 Å². The largest absolute Gasteiger partial charge is 0.463 e. The number of carbonyl (C=O) groups is 5. The van der Waals surface area contributed by atoms with Crippen LogP contribution in [-0.2, 0) is 38.1 Å². The Morgan fingerprint density at radius 3 is 2.33 bits per heavy atom. The molecule has 0 bridgehead atoms. The summed E-state index contributed by atoms with van der Waals surface area (Å²) in [6, 6.07) is -0.830. The van der Waals surface area contributed by atoms with E-state index in [4.69, 9.17) is 14.2 Å². The molecule has 0 radical (unpaired) electrons. The molecule has 2 aliphatic heterocycles. The Labute approximate surface area is 255 Å². The molecule has 4 atom stereocenters. The number of ether oxygens (including phenoxy) is 4. The number of fused-ring (bicyclic) bond motifs is 1. The summed E-state index contributed by atoms with van der Waals surface area (Å²) in [5, 5.41) is 23.3. The van der Waals surface area contributed by atoms with Crippen molar-refractivity contribution in [3.05, 3.63) is 12.2 Å². The average molecular weight is 632 g/mol. The summed E-state index contributed by atoms with van der Waals surface area (Å²) in [6.45, 7) is 3.75. The second-order valence-electron chi connectivity index (χ2n) is 9.67. The highest BCUT2D eigenvalue weighted by Gasteiger charge is 2.42. The molecule has 0 aromatic carbocycles. The number of unbranched alkanes of at least 4 members (excludes halogenated alkanes) is 1. The van der Waals surface area contributed by atoms with Crippen molar-refractivity contribution < 1.29 is 48.0 Å². The van der Waals surface area contributed by atoms with Crippen molar-refractivity contribution in [2.75, 3.05) is 71.7 Å². The van der Waals surface area contributed by atoms with Gasteiger partial charge >= 0.3 is 12.0 Å². The Balaban J connectivity index is 1.34. The first-order chi connectivity index (χ1) is 20.8. The Hall–Kier alpha value is -2.92. The first-order valence-corrected chi connectivity index (χ1v) is 15.6. The van der Waals surface area contributed by atoms with E-state index in [1.54, 1.807) is 6.92 Å². The number of rotatable bonds is 23. The van der Waals surface area contributed by atoms with Crippen LogP contribution in [0.5, 0.6) is 0 Å². The molecular formula is C27H45N5O10S. The van der Waals surface area contributed by atoms with Gasteiger partial charge in [-0.3, -0.25) is 14.4 Å². The number of hydrogen-bond donors (Lipinski definition) is 6. The number of thioether (sulfide) groups is 1. The molecule has 244 valence electrons. The average Bonchev–Trinajstić information content (AvgIpc) is 3.54. The third kappa shape index (κ3) is 15.4. The maximum atomic E-state index is 12.1. The minimum absolute atomic E-state index is 0.000737. The van der Waals surface area contributed by atoms with Crippen LogP contribution in [0, 0.1) is 0 Å². The van der Waals surface area contributed by atoms with Crippen molar-refractivity contribution in [1.29, 1.82) is 0 Å². The predicted octanol–water partition coefficient (Wildman–Crippen LogP) is -1.41. The van der Waals surface area contributed by atoms with Gasteiger partial charge in [0.05, 0.1) is 64.9 Å². The molecule has 5 amide bonds. The number of nitrogens with one attached hydrogen (secondary N) is 5. The fourth-order valence-corrected chi connectivity index (χ4v) is 5.83. The van der Waals surface area contributed by atoms with Gasteiger partial charge < -0.3 is 50.6 Å². The van der Waals surface area contributed by atoms with Gasteiger partial charge in [-0.25, -0.2) is 9.59 Å². The summed E-state index contributed by atoms with van der Waals surface area (Å²) in [4.78, 5) is 58.5. The fraction of sp³-hybridized carbons (Fsp3) is 0.741. The van der Waals surface area contributed by atoms with Crippen LogP contribution in [0.3, 0.4) is 0 Å². The minimum atomic E-state index is -1.17. The first-order valence-electron chi connectivity index (χ1n) is 14.6. The Morgan fingerprint density at radius 2 is 1.65 bits per heavy atom. The SMILES string of the molecule is CCOC(=O)/C=C/C(=O)N[C@@H](CO)C(=O)NCCOCCOCCOCCNC(=O)CCCC[C@@H]1SC[C@@H]2NC(=O)N[C@@H]21. The van der Waals surface area contributed by atoms with Crippen molar-refractivity contribution >= 4 is 41.5 Å². The Bertz CT molecular complexity index is 925. The zero-order valence-corrected chi connectivity index (χ0v) is 25.4. The van der Waals surface area contributed by atoms with Crippen molar-refractivity contribution in [3.63, 3.8) is 0 Å². The number of urea groups is 1. The van der Waals surface area contributed by atoms with Crippen LogP contribution in [0.15, 0.2) is 12.2 Å². The topological polar surface area (TPSA) is 203 Å². The molecule has 6 N–H and O–H groups in total. The number of aliphatic hydroxyl groups excluding tert-OH is 1. The first kappa shape index (κ1) is 36.3. The second kappa shape index (κ2) is 21.7. The molecule has 2 fully saturated rings. The quantitative estimate of drug-likeness (QED) is 0.0335. The van der Waals surface area contributed by atoms with E-state index in [0.717, 1.165) is 37.2 Å². The molecule has 0 spiro atoms. The molecule has 0 aromatic rings. The normalized spacial score (nSPS) is 19.8. The molecule has 0 unspecified atom stereocenters. The van der Waals surface area contributed by atoms with Crippen molar-refractivity contribution in [2.24, 2.45) is 0 Å². The zero-order valence-electron chi connectivity index (χ0n) is 24.6. The molecule has 0 aliphatic carbocycles. The molecule has 2 heterocycles. The van der Waals surface area contributed by atoms with E-state index >= 15 is 0 Å². The highest BCUT2D eigenvalue weighted by molar-refractivity contribution is 8.00. The van der Waals surface area contributed by atoms with Crippen LogP contribution in [0.4, 0.5) is 4.79 Å². The standard InChI is InChI=1S/C27H45N5O10S/c1-2-42-24(36)8-7-23(35)30-19(17-33)26(37)29-10-12-40-14-16-41-15-13-39-11-9-28-22(34)6-4-3-5-21-25-20(18-43-21)31-27(38)32-25/h7-8,19-21,25,33H,2-6,9-18H2,1H3,(H,28,34)(H,29,37)(H,30,35)(H2,31,32,38)/b8-7+/t19-,20-,21-,25-/m0/s1. The van der Waals surface area contributed by atoms with Crippen LogP contribution in [-0.4, -0.2) is 130 Å². The number of amides is 5. The third-order valence-electron chi connectivity index (χ3n) is 6.41. The van der Waals surface area contributed by atoms with Crippen LogP contribution >= 0.6 is 11.8 Å². The maximum absolute atomic E-state index is 12.1. The predicted molar refractivity (Wildman–Crippen MR) is 157 cm³/mol. The van der Waals surface area contributed by atoms with E-state index in [1.807, 2.05) is 11.8 Å². The fourth-order valence-electron chi connectivity index (χ4n) is 4.28. The summed E-state index contributed by atoms with van der Waals surface area (Å²) in [6.07, 6.45) is 5.06. The van der Waals surface area contributed by atoms with Gasteiger partial charge in [-0.2, -0.15) is 11.8 Å². The summed E-state index contributed by atoms with van der Waals surface area (Å²) >= 11 is 1.88. The van der Waals surface area contributed by atoms with E-state index in [1.165, 1.54) is 0 Å². The molecular weight excluding hydrogens is 586 g/mol. The van der Waals surface area contributed by atoms with Crippen molar-refractivity contribution in [1.82, 2.24) is 26.6 Å². The molecule has 2 rings (SSSR count). The van der Waals surface area contributed by atoms with Gasteiger partial charge in [0, 0.05) is 42.7 Å². The molecule has 2 saturated heterocycles. The van der Waals surface area contributed by atoms with Crippen molar-refractivity contribution in [3.8, 4) is 0 Å². The van der Waals surface area contributed by atoms with E-state index < -0.39 is 30.4 Å². The van der Waals surface area contributed by atoms with Crippen LogP contribution in [0.2, 0.25) is 0 Å². The van der Waals surface area contributed by atoms with E-state index in [0.29, 0.717) is 51.2 Å². The van der Waals surface area contributed by atoms with Gasteiger partial charge in [0.15, 0.2) is 0 Å². The summed E-state index contributed by atoms with van der Waals surface area (Å²) in [5.41, 5.74) is 0. The van der Waals surface area contributed by atoms with Crippen LogP contribution in [0.25, 0.3) is 0 Å². The van der Waals surface area contributed by atoms with E-state index in [9.17, 15) is 29.1 Å². The zero-order chi connectivity index (χ0) is 31.3. The van der Waals surface area contributed by atoms with Crippen molar-refractivity contribution in [2.45, 2.75) is 56.0 Å². The van der Waals surface area contributed by atoms with Crippen LogP contribution < -0.4 is 26.6 Å². The number of esters is 1. The lowest BCUT2D eigenvalue weighted by Gasteiger charge is -2.16. The van der Waals surface area contributed by atoms with Gasteiger partial charge in [0.1, 0.15) is 6.04 Å². The monoisotopic (exact) mass is 631 g/mol. The highest BCUT2D eigenvalue weighted by atomic mass is 32.2. The molecule has 0 saturated carbocycles. The van der Waals surface area contributed by atoms with Gasteiger partial charge in [0.2, 0.25) is 17.7 Å². The molecule has 2 aliphatic rings. The second-order valence-corrected chi connectivity index (χ2v) is 10.9. The van der Waals surface area contributed by atoms with E-state index in [-0.39, 0.29) is 43.8 Å².